The maximum atomic E-state index is 12.6. The van der Waals surface area contributed by atoms with Crippen LogP contribution >= 0.6 is 0 Å². The molecule has 0 unspecified atom stereocenters. The Morgan fingerprint density at radius 3 is 2.48 bits per heavy atom. The molecule has 1 aromatic carbocycles. The molecule has 0 atom stereocenters. The number of aromatic hydroxyl groups is 2. The van der Waals surface area contributed by atoms with Crippen LogP contribution in [0.4, 0.5) is 13.2 Å². The van der Waals surface area contributed by atoms with E-state index in [0.29, 0.717) is 12.6 Å². The second kappa shape index (κ2) is 6.51. The van der Waals surface area contributed by atoms with Gasteiger partial charge in [-0.2, -0.15) is 13.2 Å². The van der Waals surface area contributed by atoms with Gasteiger partial charge in [0.25, 0.3) is 0 Å². The minimum atomic E-state index is -4.80. The van der Waals surface area contributed by atoms with E-state index in [-0.39, 0.29) is 11.5 Å². The van der Waals surface area contributed by atoms with E-state index >= 15 is 0 Å². The summed E-state index contributed by atoms with van der Waals surface area (Å²) in [7, 11) is 0. The molecular weight excluding hydrogens is 287 g/mol. The Morgan fingerprint density at radius 1 is 1.33 bits per heavy atom. The van der Waals surface area contributed by atoms with E-state index in [0.717, 1.165) is 18.2 Å². The lowest BCUT2D eigenvalue weighted by atomic mass is 10.1. The smallest absolute Gasteiger partial charge is 0.420 e. The van der Waals surface area contributed by atoms with E-state index < -0.39 is 29.1 Å². The molecule has 1 aromatic rings. The maximum Gasteiger partial charge on any atom is 0.420 e. The first-order valence-electron chi connectivity index (χ1n) is 6.20. The molecule has 7 heteroatoms. The number of amides is 1. The number of carbonyl (C=O) groups is 1. The molecule has 0 fully saturated rings. The molecule has 0 radical (unpaired) electrons. The summed E-state index contributed by atoms with van der Waals surface area (Å²) in [6.07, 6.45) is -2.61. The van der Waals surface area contributed by atoms with Crippen LogP contribution in [-0.2, 0) is 11.0 Å². The number of phenolic OH excluding ortho intramolecular Hbond substituents is 2. The fraction of sp³-hybridized carbons (Fsp3) is 0.357. The SMILES string of the molecule is CC(C)CNC(=O)C=Cc1cc(O)c(O)c(C(F)(F)F)c1. The summed E-state index contributed by atoms with van der Waals surface area (Å²) in [5.74, 6) is -2.34. The predicted octanol–water partition coefficient (Wildman–Crippen LogP) is 2.90. The van der Waals surface area contributed by atoms with Crippen molar-refractivity contribution in [3.8, 4) is 11.5 Å². The van der Waals surface area contributed by atoms with Crippen molar-refractivity contribution in [3.63, 3.8) is 0 Å². The number of hydrogen-bond donors (Lipinski definition) is 3. The van der Waals surface area contributed by atoms with E-state index in [9.17, 15) is 28.2 Å². The lowest BCUT2D eigenvalue weighted by Crippen LogP contribution is -2.25. The Bertz CT molecular complexity index is 551. The zero-order valence-corrected chi connectivity index (χ0v) is 11.5. The van der Waals surface area contributed by atoms with Gasteiger partial charge < -0.3 is 15.5 Å². The molecule has 0 spiro atoms. The molecular formula is C14H16F3NO3. The summed E-state index contributed by atoms with van der Waals surface area (Å²) < 4.78 is 37.9. The lowest BCUT2D eigenvalue weighted by Gasteiger charge is -2.11. The van der Waals surface area contributed by atoms with Crippen molar-refractivity contribution in [2.45, 2.75) is 20.0 Å². The van der Waals surface area contributed by atoms with Crippen LogP contribution in [-0.4, -0.2) is 22.7 Å². The average molecular weight is 303 g/mol. The van der Waals surface area contributed by atoms with Gasteiger partial charge in [0.1, 0.15) is 5.56 Å². The Kier molecular flexibility index (Phi) is 5.23. The molecule has 0 aliphatic heterocycles. The minimum absolute atomic E-state index is 0.0441. The highest BCUT2D eigenvalue weighted by molar-refractivity contribution is 5.91. The maximum absolute atomic E-state index is 12.6. The molecule has 4 nitrogen and oxygen atoms in total. The summed E-state index contributed by atoms with van der Waals surface area (Å²) in [5, 5.41) is 21.1. The highest BCUT2D eigenvalue weighted by Gasteiger charge is 2.35. The molecule has 116 valence electrons. The van der Waals surface area contributed by atoms with E-state index in [1.165, 1.54) is 0 Å². The van der Waals surface area contributed by atoms with Crippen molar-refractivity contribution < 1.29 is 28.2 Å². The van der Waals surface area contributed by atoms with Crippen LogP contribution in [0.15, 0.2) is 18.2 Å². The summed E-state index contributed by atoms with van der Waals surface area (Å²) in [6, 6.07) is 1.60. The zero-order valence-electron chi connectivity index (χ0n) is 11.5. The standard InChI is InChI=1S/C14H16F3NO3/c1-8(2)7-18-12(20)4-3-9-5-10(14(15,16)17)13(21)11(19)6-9/h3-6,8,19,21H,7H2,1-2H3,(H,18,20). The molecule has 0 saturated heterocycles. The summed E-state index contributed by atoms with van der Waals surface area (Å²) in [6.45, 7) is 4.24. The molecule has 0 bridgehead atoms. The topological polar surface area (TPSA) is 69.6 Å². The first-order chi connectivity index (χ1) is 9.61. The summed E-state index contributed by atoms with van der Waals surface area (Å²) in [4.78, 5) is 11.4. The van der Waals surface area contributed by atoms with Gasteiger partial charge >= 0.3 is 6.18 Å². The third-order valence-electron chi connectivity index (χ3n) is 2.53. The fourth-order valence-corrected chi connectivity index (χ4v) is 1.49. The van der Waals surface area contributed by atoms with Gasteiger partial charge in [-0.1, -0.05) is 13.8 Å². The van der Waals surface area contributed by atoms with Crippen LogP contribution in [0.2, 0.25) is 0 Å². The van der Waals surface area contributed by atoms with Gasteiger partial charge in [0.05, 0.1) is 0 Å². The number of halogens is 3. The number of phenols is 2. The molecule has 0 aromatic heterocycles. The quantitative estimate of drug-likeness (QED) is 0.592. The van der Waals surface area contributed by atoms with E-state index in [1.54, 1.807) is 0 Å². The predicted molar refractivity (Wildman–Crippen MR) is 71.7 cm³/mol. The number of hydrogen-bond acceptors (Lipinski definition) is 3. The highest BCUT2D eigenvalue weighted by atomic mass is 19.4. The Hall–Kier alpha value is -2.18. The number of benzene rings is 1. The molecule has 0 saturated carbocycles. The Balaban J connectivity index is 2.95. The monoisotopic (exact) mass is 303 g/mol. The van der Waals surface area contributed by atoms with Crippen molar-refractivity contribution in [1.29, 1.82) is 0 Å². The third-order valence-corrected chi connectivity index (χ3v) is 2.53. The van der Waals surface area contributed by atoms with Crippen molar-refractivity contribution >= 4 is 12.0 Å². The number of rotatable bonds is 4. The molecule has 1 rings (SSSR count). The zero-order chi connectivity index (χ0) is 16.2. The van der Waals surface area contributed by atoms with Crippen LogP contribution in [0.1, 0.15) is 25.0 Å². The van der Waals surface area contributed by atoms with Crippen LogP contribution in [0.3, 0.4) is 0 Å². The molecule has 1 amide bonds. The minimum Gasteiger partial charge on any atom is -0.504 e. The van der Waals surface area contributed by atoms with E-state index in [4.69, 9.17) is 0 Å². The van der Waals surface area contributed by atoms with Gasteiger partial charge in [-0.05, 0) is 29.7 Å². The molecule has 3 N–H and O–H groups in total. The number of nitrogens with one attached hydrogen (secondary N) is 1. The Morgan fingerprint density at radius 2 is 1.95 bits per heavy atom. The van der Waals surface area contributed by atoms with Gasteiger partial charge in [-0.3, -0.25) is 4.79 Å². The fourth-order valence-electron chi connectivity index (χ4n) is 1.49. The average Bonchev–Trinajstić information content (AvgIpc) is 2.36. The van der Waals surface area contributed by atoms with Crippen molar-refractivity contribution in [2.24, 2.45) is 5.92 Å². The molecule has 0 aliphatic carbocycles. The largest absolute Gasteiger partial charge is 0.504 e. The van der Waals surface area contributed by atoms with Gasteiger partial charge in [-0.15, -0.1) is 0 Å². The number of alkyl halides is 3. The first-order valence-corrected chi connectivity index (χ1v) is 6.20. The van der Waals surface area contributed by atoms with Crippen LogP contribution < -0.4 is 5.32 Å². The van der Waals surface area contributed by atoms with Crippen molar-refractivity contribution in [1.82, 2.24) is 5.32 Å². The Labute approximate surface area is 119 Å². The molecule has 0 aliphatic rings. The van der Waals surface area contributed by atoms with E-state index in [1.807, 2.05) is 13.8 Å². The lowest BCUT2D eigenvalue weighted by molar-refractivity contribution is -0.138. The molecule has 21 heavy (non-hydrogen) atoms. The number of carbonyl (C=O) groups excluding carboxylic acids is 1. The van der Waals surface area contributed by atoms with E-state index in [2.05, 4.69) is 5.32 Å². The van der Waals surface area contributed by atoms with Gasteiger partial charge in [0, 0.05) is 12.6 Å². The third kappa shape index (κ3) is 5.02. The summed E-state index contributed by atoms with van der Waals surface area (Å²) >= 11 is 0. The highest BCUT2D eigenvalue weighted by Crippen LogP contribution is 2.41. The van der Waals surface area contributed by atoms with Crippen LogP contribution in [0.5, 0.6) is 11.5 Å². The van der Waals surface area contributed by atoms with Crippen molar-refractivity contribution in [3.05, 3.63) is 29.3 Å². The van der Waals surface area contributed by atoms with Crippen LogP contribution in [0, 0.1) is 5.92 Å². The summed E-state index contributed by atoms with van der Waals surface area (Å²) in [5.41, 5.74) is -1.40. The second-order valence-electron chi connectivity index (χ2n) is 4.91. The van der Waals surface area contributed by atoms with Gasteiger partial charge in [0.15, 0.2) is 11.5 Å². The first kappa shape index (κ1) is 16.9. The van der Waals surface area contributed by atoms with Crippen LogP contribution in [0.25, 0.3) is 6.08 Å². The normalized spacial score (nSPS) is 12.1. The van der Waals surface area contributed by atoms with Gasteiger partial charge in [0.2, 0.25) is 5.91 Å². The van der Waals surface area contributed by atoms with Gasteiger partial charge in [-0.25, -0.2) is 0 Å². The second-order valence-corrected chi connectivity index (χ2v) is 4.91. The molecule has 0 heterocycles. The van der Waals surface area contributed by atoms with Crippen molar-refractivity contribution in [2.75, 3.05) is 6.54 Å².